The highest BCUT2D eigenvalue weighted by atomic mass is 15.2. The van der Waals surface area contributed by atoms with Crippen molar-refractivity contribution in [2.75, 3.05) is 9.80 Å². The smallest absolute Gasteiger partial charge is 0.0537 e. The van der Waals surface area contributed by atoms with Gasteiger partial charge >= 0.3 is 0 Å². The summed E-state index contributed by atoms with van der Waals surface area (Å²) in [5, 5.41) is 0. The fourth-order valence-corrected chi connectivity index (χ4v) is 10.5. The Morgan fingerprint density at radius 1 is 0.490 bits per heavy atom. The van der Waals surface area contributed by atoms with Gasteiger partial charge in [-0.25, -0.2) is 0 Å². The molecule has 2 aliphatic heterocycles. The highest BCUT2D eigenvalue weighted by molar-refractivity contribution is 5.94. The van der Waals surface area contributed by atoms with Crippen LogP contribution in [-0.2, 0) is 5.41 Å². The van der Waals surface area contributed by atoms with E-state index in [-0.39, 0.29) is 16.5 Å². The number of hydrogen-bond acceptors (Lipinski definition) is 2. The van der Waals surface area contributed by atoms with Crippen LogP contribution in [0.1, 0.15) is 195 Å². The van der Waals surface area contributed by atoms with Gasteiger partial charge in [-0.05, 0) is 140 Å². The van der Waals surface area contributed by atoms with Crippen molar-refractivity contribution in [3.63, 3.8) is 0 Å². The summed E-state index contributed by atoms with van der Waals surface area (Å²) in [6.45, 7) is 28.5. The molecule has 0 radical (unpaired) electrons. The summed E-state index contributed by atoms with van der Waals surface area (Å²) in [7, 11) is 0. The lowest BCUT2D eigenvalue weighted by Crippen LogP contribution is -2.49. The summed E-state index contributed by atoms with van der Waals surface area (Å²) >= 11 is 0. The molecule has 0 amide bonds. The van der Waals surface area contributed by atoms with Gasteiger partial charge in [0.2, 0.25) is 0 Å². The summed E-state index contributed by atoms with van der Waals surface area (Å²) in [6.07, 6.45) is 23.7. The number of fused-ring (bicyclic) bond motifs is 5. The third-order valence-electron chi connectivity index (χ3n) is 12.3. The van der Waals surface area contributed by atoms with Crippen LogP contribution < -0.4 is 9.80 Å². The van der Waals surface area contributed by atoms with E-state index in [1.807, 2.05) is 0 Å². The van der Waals surface area contributed by atoms with E-state index >= 15 is 0 Å². The van der Waals surface area contributed by atoms with Crippen molar-refractivity contribution in [3.05, 3.63) is 58.7 Å². The SMILES string of the molecule is CCCCCCCCC1(CCCCCCCC)c2cc3c(cc2-c2cc4c(cc21)N(C(C)C)C(C)(C)C=C4C)C(C)=CC(C)(C)N3C(C)C. The topological polar surface area (TPSA) is 6.48 Å². The first kappa shape index (κ1) is 37.8. The zero-order valence-corrected chi connectivity index (χ0v) is 33.9. The van der Waals surface area contributed by atoms with Crippen molar-refractivity contribution in [1.29, 1.82) is 0 Å². The molecule has 2 aromatic carbocycles. The van der Waals surface area contributed by atoms with Crippen molar-refractivity contribution in [2.45, 2.75) is 202 Å². The molecule has 1 aliphatic carbocycles. The fraction of sp³-hybridized carbons (Fsp3) is 0.660. The maximum Gasteiger partial charge on any atom is 0.0537 e. The molecule has 0 spiro atoms. The minimum atomic E-state index is -0.0174. The van der Waals surface area contributed by atoms with Crippen molar-refractivity contribution >= 4 is 22.5 Å². The molecule has 49 heavy (non-hydrogen) atoms. The normalized spacial score (nSPS) is 18.3. The van der Waals surface area contributed by atoms with Crippen LogP contribution in [0.3, 0.4) is 0 Å². The number of rotatable bonds is 16. The quantitative estimate of drug-likeness (QED) is 0.165. The number of unbranched alkanes of at least 4 members (excludes halogenated alkanes) is 10. The molecule has 2 heterocycles. The van der Waals surface area contributed by atoms with E-state index in [9.17, 15) is 0 Å². The Kier molecular flexibility index (Phi) is 11.6. The average Bonchev–Trinajstić information content (AvgIpc) is 3.25. The number of allylic oxidation sites excluding steroid dienone is 2. The van der Waals surface area contributed by atoms with Gasteiger partial charge in [0.05, 0.1) is 11.1 Å². The summed E-state index contributed by atoms with van der Waals surface area (Å²) in [5.41, 5.74) is 14.9. The van der Waals surface area contributed by atoms with Gasteiger partial charge in [-0.15, -0.1) is 0 Å². The molecule has 2 aromatic rings. The molecule has 0 aromatic heterocycles. The first-order valence-electron chi connectivity index (χ1n) is 20.6. The van der Waals surface area contributed by atoms with E-state index < -0.39 is 0 Å². The van der Waals surface area contributed by atoms with E-state index in [0.29, 0.717) is 12.1 Å². The Bertz CT molecular complexity index is 1410. The predicted octanol–water partition coefficient (Wildman–Crippen LogP) is 14.3. The van der Waals surface area contributed by atoms with Crippen molar-refractivity contribution in [3.8, 4) is 11.1 Å². The second kappa shape index (κ2) is 15.0. The van der Waals surface area contributed by atoms with Gasteiger partial charge in [0, 0.05) is 40.0 Å². The molecule has 0 N–H and O–H groups in total. The third kappa shape index (κ3) is 7.19. The molecule has 0 fully saturated rings. The number of hydrogen-bond donors (Lipinski definition) is 0. The van der Waals surface area contributed by atoms with E-state index in [0.717, 1.165) is 0 Å². The highest BCUT2D eigenvalue weighted by Crippen LogP contribution is 2.59. The van der Waals surface area contributed by atoms with Crippen LogP contribution in [0.15, 0.2) is 36.4 Å². The monoisotopic (exact) mass is 665 g/mol. The third-order valence-corrected chi connectivity index (χ3v) is 12.3. The second-order valence-corrected chi connectivity index (χ2v) is 17.8. The van der Waals surface area contributed by atoms with Crippen LogP contribution in [0, 0.1) is 0 Å². The molecule has 270 valence electrons. The van der Waals surface area contributed by atoms with Gasteiger partial charge in [0.15, 0.2) is 0 Å². The summed E-state index contributed by atoms with van der Waals surface area (Å²) in [5.74, 6) is 0. The summed E-state index contributed by atoms with van der Waals surface area (Å²) < 4.78 is 0. The first-order chi connectivity index (χ1) is 23.2. The molecule has 2 heteroatoms. The zero-order chi connectivity index (χ0) is 35.7. The molecular formula is C47H72N2. The van der Waals surface area contributed by atoms with Gasteiger partial charge in [-0.1, -0.05) is 103 Å². The first-order valence-corrected chi connectivity index (χ1v) is 20.6. The predicted molar refractivity (Wildman–Crippen MR) is 219 cm³/mol. The van der Waals surface area contributed by atoms with Crippen molar-refractivity contribution in [1.82, 2.24) is 0 Å². The lowest BCUT2D eigenvalue weighted by Gasteiger charge is -2.47. The standard InChI is InChI=1S/C47H72N2/c1-13-15-17-19-21-23-25-47(26-24-22-20-18-16-14-2)41-29-43-37(35(7)31-45(9,10)48(43)33(3)4)27-39(41)40-28-38-36(8)32-46(11,12)49(34(5)6)44(38)30-42(40)47/h27-34H,13-26H2,1-12H3. The average molecular weight is 665 g/mol. The Morgan fingerprint density at radius 3 is 1.18 bits per heavy atom. The van der Waals surface area contributed by atoms with Crippen molar-refractivity contribution in [2.24, 2.45) is 0 Å². The van der Waals surface area contributed by atoms with Crippen LogP contribution in [0.4, 0.5) is 11.4 Å². The summed E-state index contributed by atoms with van der Waals surface area (Å²) in [4.78, 5) is 5.42. The molecular weight excluding hydrogens is 593 g/mol. The maximum atomic E-state index is 2.71. The Balaban J connectivity index is 1.73. The molecule has 0 bridgehead atoms. The lowest BCUT2D eigenvalue weighted by molar-refractivity contribution is 0.397. The van der Waals surface area contributed by atoms with Crippen molar-refractivity contribution < 1.29 is 0 Å². The second-order valence-electron chi connectivity index (χ2n) is 17.8. The minimum Gasteiger partial charge on any atom is -0.360 e. The van der Waals surface area contributed by atoms with Gasteiger partial charge in [0.1, 0.15) is 0 Å². The number of benzene rings is 2. The van der Waals surface area contributed by atoms with E-state index in [1.165, 1.54) is 135 Å². The van der Waals surface area contributed by atoms with E-state index in [2.05, 4.69) is 129 Å². The molecule has 0 unspecified atom stereocenters. The van der Waals surface area contributed by atoms with Crippen LogP contribution in [-0.4, -0.2) is 23.2 Å². The zero-order valence-electron chi connectivity index (χ0n) is 33.9. The van der Waals surface area contributed by atoms with Gasteiger partial charge in [-0.3, -0.25) is 0 Å². The number of nitrogens with zero attached hydrogens (tertiary/aromatic N) is 2. The van der Waals surface area contributed by atoms with Gasteiger partial charge < -0.3 is 9.80 Å². The Hall–Kier alpha value is -2.48. The summed E-state index contributed by atoms with van der Waals surface area (Å²) in [6, 6.07) is 11.5. The minimum absolute atomic E-state index is 0.0174. The van der Waals surface area contributed by atoms with E-state index in [4.69, 9.17) is 0 Å². The largest absolute Gasteiger partial charge is 0.360 e. The van der Waals surface area contributed by atoms with Crippen LogP contribution in [0.2, 0.25) is 0 Å². The molecule has 2 nitrogen and oxygen atoms in total. The van der Waals surface area contributed by atoms with Gasteiger partial charge in [-0.2, -0.15) is 0 Å². The highest BCUT2D eigenvalue weighted by Gasteiger charge is 2.46. The maximum absolute atomic E-state index is 2.71. The van der Waals surface area contributed by atoms with Crippen LogP contribution in [0.5, 0.6) is 0 Å². The van der Waals surface area contributed by atoms with E-state index in [1.54, 1.807) is 11.1 Å². The molecule has 0 saturated carbocycles. The molecule has 0 saturated heterocycles. The van der Waals surface area contributed by atoms with Gasteiger partial charge in [0.25, 0.3) is 0 Å². The Morgan fingerprint density at radius 2 is 0.837 bits per heavy atom. The van der Waals surface area contributed by atoms with Crippen LogP contribution >= 0.6 is 0 Å². The van der Waals surface area contributed by atoms with Crippen LogP contribution in [0.25, 0.3) is 22.3 Å². The molecule has 5 rings (SSSR count). The number of anilines is 2. The molecule has 0 atom stereocenters. The Labute approximate surface area is 302 Å². The molecule has 3 aliphatic rings. The fourth-order valence-electron chi connectivity index (χ4n) is 10.5. The lowest BCUT2D eigenvalue weighted by atomic mass is 9.69.